The molecule has 0 aliphatic heterocycles. The number of pyridine rings is 1. The molecule has 3 nitrogen and oxygen atoms in total. The Labute approximate surface area is 87.3 Å². The molecule has 0 amide bonds. The fraction of sp³-hybridized carbons (Fsp3) is 0.200. The minimum absolute atomic E-state index is 0.445. The summed E-state index contributed by atoms with van der Waals surface area (Å²) in [6, 6.07) is 5.69. The summed E-state index contributed by atoms with van der Waals surface area (Å²) in [5, 5.41) is 1.55. The van der Waals surface area contributed by atoms with E-state index in [4.69, 9.17) is 16.3 Å². The second kappa shape index (κ2) is 3.98. The first kappa shape index (κ1) is 9.49. The number of hydrogen-bond donors (Lipinski definition) is 0. The summed E-state index contributed by atoms with van der Waals surface area (Å²) in [7, 11) is 0. The van der Waals surface area contributed by atoms with E-state index in [-0.39, 0.29) is 0 Å². The van der Waals surface area contributed by atoms with E-state index in [1.165, 1.54) is 0 Å². The van der Waals surface area contributed by atoms with Crippen molar-refractivity contribution in [1.82, 2.24) is 9.55 Å². The Hall–Kier alpha value is -1.06. The molecule has 0 fully saturated rings. The second-order valence-corrected chi connectivity index (χ2v) is 3.26. The zero-order valence-corrected chi connectivity index (χ0v) is 8.37. The van der Waals surface area contributed by atoms with Crippen molar-refractivity contribution < 1.29 is 4.74 Å². The molecule has 73 valence electrons. The predicted molar refractivity (Wildman–Crippen MR) is 56.1 cm³/mol. The quantitative estimate of drug-likeness (QED) is 0.727. The van der Waals surface area contributed by atoms with Gasteiger partial charge in [0.25, 0.3) is 0 Å². The zero-order chi connectivity index (χ0) is 9.97. The van der Waals surface area contributed by atoms with Crippen LogP contribution in [0, 0.1) is 6.92 Å². The number of nitrogens with zero attached hydrogens (tertiary/aromatic N) is 2. The van der Waals surface area contributed by atoms with E-state index < -0.39 is 0 Å². The van der Waals surface area contributed by atoms with Crippen molar-refractivity contribution in [3.63, 3.8) is 0 Å². The molecule has 2 aromatic heterocycles. The van der Waals surface area contributed by atoms with Gasteiger partial charge in [-0.1, -0.05) is 11.6 Å². The topological polar surface area (TPSA) is 27.1 Å². The normalized spacial score (nSPS) is 11.0. The van der Waals surface area contributed by atoms with Gasteiger partial charge >= 0.3 is 0 Å². The molecule has 4 heteroatoms. The van der Waals surface area contributed by atoms with Crippen LogP contribution in [0.4, 0.5) is 0 Å². The number of ether oxygens (including phenoxy) is 1. The van der Waals surface area contributed by atoms with Gasteiger partial charge < -0.3 is 9.30 Å². The van der Waals surface area contributed by atoms with Gasteiger partial charge in [-0.05, 0) is 25.1 Å². The number of hydrogen-bond acceptors (Lipinski definition) is 2. The maximum Gasteiger partial charge on any atom is 0.143 e. The molecule has 0 saturated heterocycles. The minimum Gasteiger partial charge on any atom is -0.361 e. The third-order valence-corrected chi connectivity index (χ3v) is 2.16. The summed E-state index contributed by atoms with van der Waals surface area (Å²) >= 11 is 5.80. The maximum absolute atomic E-state index is 5.80. The van der Waals surface area contributed by atoms with E-state index in [0.29, 0.717) is 18.5 Å². The molecule has 2 rings (SSSR count). The fourth-order valence-electron chi connectivity index (χ4n) is 1.30. The molecule has 0 aromatic carbocycles. The van der Waals surface area contributed by atoms with Crippen LogP contribution in [0.5, 0.6) is 0 Å². The average molecular weight is 210 g/mol. The molecule has 0 atom stereocenters. The molecule has 0 saturated carbocycles. The van der Waals surface area contributed by atoms with Crippen LogP contribution in [0.1, 0.15) is 0 Å². The molecule has 1 radical (unpaired) electrons. The van der Waals surface area contributed by atoms with Gasteiger partial charge in [0.1, 0.15) is 17.5 Å². The van der Waals surface area contributed by atoms with Crippen LogP contribution in [0.2, 0.25) is 5.15 Å². The lowest BCUT2D eigenvalue weighted by atomic mass is 10.3. The molecule has 0 N–H and O–H groups in total. The number of rotatable bonds is 3. The zero-order valence-electron chi connectivity index (χ0n) is 7.61. The number of aromatic nitrogens is 2. The third kappa shape index (κ3) is 1.74. The first-order valence-corrected chi connectivity index (χ1v) is 4.67. The molecule has 0 aliphatic rings. The van der Waals surface area contributed by atoms with E-state index in [2.05, 4.69) is 11.9 Å². The van der Waals surface area contributed by atoms with Crippen LogP contribution in [0.3, 0.4) is 0 Å². The van der Waals surface area contributed by atoms with Crippen molar-refractivity contribution in [1.29, 1.82) is 0 Å². The van der Waals surface area contributed by atoms with Crippen molar-refractivity contribution in [2.24, 2.45) is 0 Å². The van der Waals surface area contributed by atoms with E-state index in [1.807, 2.05) is 22.9 Å². The van der Waals surface area contributed by atoms with Gasteiger partial charge in [0.2, 0.25) is 0 Å². The smallest absolute Gasteiger partial charge is 0.143 e. The standard InChI is InChI=1S/C10H10ClN2O/c1-2-14-7-13-6-5-8-3-4-9(11)12-10(8)13/h3-6H,1-2,7H2. The molecule has 2 aromatic rings. The molecule has 0 bridgehead atoms. The average Bonchev–Trinajstić information content (AvgIpc) is 2.57. The maximum atomic E-state index is 5.80. The van der Waals surface area contributed by atoms with Crippen molar-refractivity contribution in [2.75, 3.05) is 6.61 Å². The van der Waals surface area contributed by atoms with Crippen LogP contribution in [-0.2, 0) is 11.5 Å². The molecule has 2 heterocycles. The van der Waals surface area contributed by atoms with Gasteiger partial charge in [-0.3, -0.25) is 0 Å². The fourth-order valence-corrected chi connectivity index (χ4v) is 1.45. The van der Waals surface area contributed by atoms with Gasteiger partial charge in [0, 0.05) is 18.2 Å². The van der Waals surface area contributed by atoms with Crippen molar-refractivity contribution in [3.8, 4) is 0 Å². The first-order chi connectivity index (χ1) is 6.81. The lowest BCUT2D eigenvalue weighted by molar-refractivity contribution is 0.102. The molecule has 14 heavy (non-hydrogen) atoms. The highest BCUT2D eigenvalue weighted by atomic mass is 35.5. The van der Waals surface area contributed by atoms with Crippen LogP contribution >= 0.6 is 11.6 Å². The van der Waals surface area contributed by atoms with Crippen LogP contribution in [0.25, 0.3) is 11.0 Å². The lowest BCUT2D eigenvalue weighted by Gasteiger charge is -2.03. The monoisotopic (exact) mass is 209 g/mol. The Bertz CT molecular complexity index is 439. The molecular weight excluding hydrogens is 200 g/mol. The van der Waals surface area contributed by atoms with Gasteiger partial charge in [-0.25, -0.2) is 4.98 Å². The number of halogens is 1. The summed E-state index contributed by atoms with van der Waals surface area (Å²) in [6.45, 7) is 4.50. The van der Waals surface area contributed by atoms with Crippen molar-refractivity contribution in [2.45, 2.75) is 6.73 Å². The van der Waals surface area contributed by atoms with E-state index in [0.717, 1.165) is 11.0 Å². The highest BCUT2D eigenvalue weighted by Gasteiger charge is 2.02. The largest absolute Gasteiger partial charge is 0.361 e. The first-order valence-electron chi connectivity index (χ1n) is 4.29. The molecular formula is C10H10ClN2O. The molecule has 0 aliphatic carbocycles. The Morgan fingerprint density at radius 2 is 2.29 bits per heavy atom. The van der Waals surface area contributed by atoms with Crippen molar-refractivity contribution >= 4 is 22.6 Å². The highest BCUT2D eigenvalue weighted by Crippen LogP contribution is 2.16. The van der Waals surface area contributed by atoms with Gasteiger partial charge in [0.15, 0.2) is 0 Å². The second-order valence-electron chi connectivity index (χ2n) is 2.87. The SMILES string of the molecule is [CH2]COCn1ccc2ccc(Cl)nc21. The van der Waals surface area contributed by atoms with Crippen molar-refractivity contribution in [3.05, 3.63) is 36.5 Å². The summed E-state index contributed by atoms with van der Waals surface area (Å²) in [4.78, 5) is 4.22. The molecule has 0 spiro atoms. The van der Waals surface area contributed by atoms with E-state index in [9.17, 15) is 0 Å². The summed E-state index contributed by atoms with van der Waals surface area (Å²) in [5.74, 6) is 0. The third-order valence-electron chi connectivity index (χ3n) is 1.95. The predicted octanol–water partition coefficient (Wildman–Crippen LogP) is 2.50. The van der Waals surface area contributed by atoms with Gasteiger partial charge in [0.05, 0.1) is 0 Å². The van der Waals surface area contributed by atoms with Crippen LogP contribution in [0.15, 0.2) is 24.4 Å². The Kier molecular flexibility index (Phi) is 2.70. The number of fused-ring (bicyclic) bond motifs is 1. The van der Waals surface area contributed by atoms with Crippen LogP contribution < -0.4 is 0 Å². The Morgan fingerprint density at radius 3 is 3.07 bits per heavy atom. The Balaban J connectivity index is 2.40. The van der Waals surface area contributed by atoms with E-state index in [1.54, 1.807) is 6.07 Å². The van der Waals surface area contributed by atoms with E-state index >= 15 is 0 Å². The van der Waals surface area contributed by atoms with Gasteiger partial charge in [-0.15, -0.1) is 0 Å². The highest BCUT2D eigenvalue weighted by molar-refractivity contribution is 6.29. The lowest BCUT2D eigenvalue weighted by Crippen LogP contribution is -2.01. The van der Waals surface area contributed by atoms with Crippen LogP contribution in [-0.4, -0.2) is 16.2 Å². The Morgan fingerprint density at radius 1 is 1.43 bits per heavy atom. The summed E-state index contributed by atoms with van der Waals surface area (Å²) in [5.41, 5.74) is 0.839. The van der Waals surface area contributed by atoms with Gasteiger partial charge in [-0.2, -0.15) is 0 Å². The minimum atomic E-state index is 0.445. The summed E-state index contributed by atoms with van der Waals surface area (Å²) < 4.78 is 7.09. The summed E-state index contributed by atoms with van der Waals surface area (Å²) in [6.07, 6.45) is 1.92. The molecule has 0 unspecified atom stereocenters.